The van der Waals surface area contributed by atoms with E-state index in [9.17, 15) is 0 Å². The molecule has 7 heteroatoms. The van der Waals surface area contributed by atoms with Crippen LogP contribution in [0.3, 0.4) is 0 Å². The molecule has 0 saturated carbocycles. The number of aryl methyl sites for hydroxylation is 1. The maximum absolute atomic E-state index is 4.65. The van der Waals surface area contributed by atoms with Gasteiger partial charge in [0.05, 0.1) is 16.8 Å². The second-order valence-electron chi connectivity index (χ2n) is 4.91. The molecule has 0 spiro atoms. The predicted octanol–water partition coefficient (Wildman–Crippen LogP) is 3.06. The van der Waals surface area contributed by atoms with Gasteiger partial charge in [0.2, 0.25) is 0 Å². The molecule has 0 fully saturated rings. The summed E-state index contributed by atoms with van der Waals surface area (Å²) in [6.07, 6.45) is 9.02. The smallest absolute Gasteiger partial charge is 0.178 e. The molecule has 112 valence electrons. The molecule has 0 aliphatic heterocycles. The molecule has 4 rings (SSSR count). The fraction of sp³-hybridized carbons (Fsp3) is 0.0625. The highest BCUT2D eigenvalue weighted by molar-refractivity contribution is 7.18. The van der Waals surface area contributed by atoms with Crippen LogP contribution in [0.1, 0.15) is 0 Å². The van der Waals surface area contributed by atoms with Crippen LogP contribution in [0.5, 0.6) is 0 Å². The molecule has 0 N–H and O–H groups in total. The van der Waals surface area contributed by atoms with E-state index >= 15 is 0 Å². The first-order valence-corrected chi connectivity index (χ1v) is 7.81. The summed E-state index contributed by atoms with van der Waals surface area (Å²) in [7, 11) is 1.89. The van der Waals surface area contributed by atoms with Gasteiger partial charge in [0.25, 0.3) is 0 Å². The fourth-order valence-corrected chi connectivity index (χ4v) is 3.05. The first-order chi connectivity index (χ1) is 11.3. The van der Waals surface area contributed by atoms with Crippen molar-refractivity contribution in [3.63, 3.8) is 0 Å². The van der Waals surface area contributed by atoms with Crippen LogP contribution in [-0.4, -0.2) is 29.7 Å². The van der Waals surface area contributed by atoms with Gasteiger partial charge < -0.3 is 0 Å². The summed E-state index contributed by atoms with van der Waals surface area (Å²) >= 11 is 1.59. The third-order valence-corrected chi connectivity index (χ3v) is 4.32. The van der Waals surface area contributed by atoms with Crippen molar-refractivity contribution < 1.29 is 0 Å². The van der Waals surface area contributed by atoms with E-state index < -0.39 is 0 Å². The number of aromatic nitrogens is 6. The van der Waals surface area contributed by atoms with Gasteiger partial charge in [0.15, 0.2) is 5.82 Å². The van der Waals surface area contributed by atoms with Crippen molar-refractivity contribution in [3.05, 3.63) is 55.2 Å². The average molecular weight is 320 g/mol. The third-order valence-electron chi connectivity index (χ3n) is 3.25. The summed E-state index contributed by atoms with van der Waals surface area (Å²) < 4.78 is 1.77. The Hall–Kier alpha value is -2.93. The minimum Gasteiger partial charge on any atom is -0.275 e. The van der Waals surface area contributed by atoms with Crippen LogP contribution in [0, 0.1) is 0 Å². The van der Waals surface area contributed by atoms with Crippen LogP contribution in [0.2, 0.25) is 0 Å². The number of nitrogens with zero attached hydrogens (tertiary/aromatic N) is 6. The highest BCUT2D eigenvalue weighted by Crippen LogP contribution is 2.31. The lowest BCUT2D eigenvalue weighted by atomic mass is 10.2. The molecular formula is C16H12N6S. The number of rotatable bonds is 3. The Balaban J connectivity index is 1.70. The summed E-state index contributed by atoms with van der Waals surface area (Å²) in [5, 5.41) is 5.11. The zero-order chi connectivity index (χ0) is 15.6. The van der Waals surface area contributed by atoms with Crippen LogP contribution in [0.15, 0.2) is 55.2 Å². The zero-order valence-electron chi connectivity index (χ0n) is 12.3. The lowest BCUT2D eigenvalue weighted by Gasteiger charge is -2.01. The van der Waals surface area contributed by atoms with Crippen molar-refractivity contribution in [1.82, 2.24) is 29.7 Å². The van der Waals surface area contributed by atoms with Crippen LogP contribution in [0.4, 0.5) is 0 Å². The topological polar surface area (TPSA) is 69.4 Å². The van der Waals surface area contributed by atoms with E-state index in [1.165, 1.54) is 0 Å². The van der Waals surface area contributed by atoms with Gasteiger partial charge in [-0.25, -0.2) is 19.9 Å². The third kappa shape index (κ3) is 2.74. The molecule has 0 saturated heterocycles. The largest absolute Gasteiger partial charge is 0.275 e. The first-order valence-electron chi connectivity index (χ1n) is 6.99. The summed E-state index contributed by atoms with van der Waals surface area (Å²) in [6.45, 7) is 0. The van der Waals surface area contributed by atoms with E-state index in [-0.39, 0.29) is 0 Å². The van der Waals surface area contributed by atoms with E-state index in [4.69, 9.17) is 0 Å². The highest BCUT2D eigenvalue weighted by atomic mass is 32.1. The van der Waals surface area contributed by atoms with Gasteiger partial charge in [0.1, 0.15) is 10.7 Å². The molecule has 4 aromatic rings. The van der Waals surface area contributed by atoms with Crippen molar-refractivity contribution >= 4 is 11.3 Å². The summed E-state index contributed by atoms with van der Waals surface area (Å²) in [5.41, 5.74) is 2.62. The van der Waals surface area contributed by atoms with E-state index in [0.29, 0.717) is 5.82 Å². The van der Waals surface area contributed by atoms with Crippen molar-refractivity contribution in [1.29, 1.82) is 0 Å². The number of hydrogen-bond donors (Lipinski definition) is 0. The summed E-state index contributed by atoms with van der Waals surface area (Å²) in [6, 6.07) is 7.61. The number of hydrogen-bond acceptors (Lipinski definition) is 6. The van der Waals surface area contributed by atoms with Gasteiger partial charge in [-0.15, -0.1) is 11.3 Å². The maximum atomic E-state index is 4.65. The van der Waals surface area contributed by atoms with Crippen LogP contribution in [-0.2, 0) is 7.05 Å². The molecule has 0 aromatic carbocycles. The summed E-state index contributed by atoms with van der Waals surface area (Å²) in [4.78, 5) is 18.6. The Morgan fingerprint density at radius 2 is 1.78 bits per heavy atom. The lowest BCUT2D eigenvalue weighted by molar-refractivity contribution is 0.768. The molecule has 0 atom stereocenters. The Morgan fingerprint density at radius 3 is 2.57 bits per heavy atom. The Morgan fingerprint density at radius 1 is 0.957 bits per heavy atom. The first kappa shape index (κ1) is 13.7. The van der Waals surface area contributed by atoms with Gasteiger partial charge in [-0.05, 0) is 18.2 Å². The molecule has 0 amide bonds. The normalized spacial score (nSPS) is 10.8. The van der Waals surface area contributed by atoms with Gasteiger partial charge in [-0.2, -0.15) is 5.10 Å². The van der Waals surface area contributed by atoms with E-state index in [1.807, 2.05) is 43.8 Å². The van der Waals surface area contributed by atoms with Crippen molar-refractivity contribution in [3.8, 4) is 32.7 Å². The number of pyridine rings is 1. The van der Waals surface area contributed by atoms with E-state index in [1.54, 1.807) is 34.5 Å². The maximum Gasteiger partial charge on any atom is 0.178 e. The molecule has 23 heavy (non-hydrogen) atoms. The molecule has 4 aromatic heterocycles. The van der Waals surface area contributed by atoms with Crippen molar-refractivity contribution in [2.24, 2.45) is 7.05 Å². The molecule has 0 bridgehead atoms. The van der Waals surface area contributed by atoms with E-state index in [2.05, 4.69) is 25.0 Å². The van der Waals surface area contributed by atoms with Gasteiger partial charge in [-0.3, -0.25) is 4.68 Å². The molecule has 0 aliphatic carbocycles. The minimum absolute atomic E-state index is 0.617. The van der Waals surface area contributed by atoms with Gasteiger partial charge in [0, 0.05) is 37.4 Å². The second kappa shape index (κ2) is 5.69. The molecule has 4 heterocycles. The number of thiazole rings is 1. The molecule has 0 radical (unpaired) electrons. The Labute approximate surface area is 136 Å². The molecule has 0 aliphatic rings. The quantitative estimate of drug-likeness (QED) is 0.580. The van der Waals surface area contributed by atoms with Gasteiger partial charge >= 0.3 is 0 Å². The second-order valence-corrected chi connectivity index (χ2v) is 5.94. The fourth-order valence-electron chi connectivity index (χ4n) is 2.19. The standard InChI is InChI=1S/C16H12N6S/c1-22-10-11(8-20-22)16-19-9-14(23-16)12-4-2-5-13(21-12)15-17-6-3-7-18-15/h2-10H,1H3. The predicted molar refractivity (Wildman–Crippen MR) is 88.6 cm³/mol. The van der Waals surface area contributed by atoms with Crippen molar-refractivity contribution in [2.45, 2.75) is 0 Å². The van der Waals surface area contributed by atoms with Crippen LogP contribution in [0.25, 0.3) is 32.7 Å². The highest BCUT2D eigenvalue weighted by Gasteiger charge is 2.10. The summed E-state index contributed by atoms with van der Waals surface area (Å²) in [5.74, 6) is 0.617. The van der Waals surface area contributed by atoms with E-state index in [0.717, 1.165) is 26.8 Å². The SMILES string of the molecule is Cn1cc(-c2ncc(-c3cccc(-c4ncccn4)n3)s2)cn1. The van der Waals surface area contributed by atoms with Gasteiger partial charge in [-0.1, -0.05) is 6.07 Å². The molecule has 0 unspecified atom stereocenters. The zero-order valence-corrected chi connectivity index (χ0v) is 13.1. The Bertz CT molecular complexity index is 944. The monoisotopic (exact) mass is 320 g/mol. The van der Waals surface area contributed by atoms with Crippen LogP contribution >= 0.6 is 11.3 Å². The Kier molecular flexibility index (Phi) is 3.39. The molecule has 6 nitrogen and oxygen atoms in total. The lowest BCUT2D eigenvalue weighted by Crippen LogP contribution is -1.91. The molecular weight excluding hydrogens is 308 g/mol. The average Bonchev–Trinajstić information content (AvgIpc) is 3.25. The minimum atomic E-state index is 0.617. The van der Waals surface area contributed by atoms with Crippen molar-refractivity contribution in [2.75, 3.05) is 0 Å². The van der Waals surface area contributed by atoms with Crippen LogP contribution < -0.4 is 0 Å².